The highest BCUT2D eigenvalue weighted by atomic mass is 16.5. The smallest absolute Gasteiger partial charge is 0.262 e. The van der Waals surface area contributed by atoms with Gasteiger partial charge in [-0.3, -0.25) is 9.69 Å². The number of nitrogens with one attached hydrogen (secondary N) is 1. The summed E-state index contributed by atoms with van der Waals surface area (Å²) in [5.74, 6) is 2.69. The lowest BCUT2D eigenvalue weighted by Crippen LogP contribution is -2.43. The lowest BCUT2D eigenvalue weighted by Gasteiger charge is -2.38. The number of rotatable bonds is 8. The summed E-state index contributed by atoms with van der Waals surface area (Å²) >= 11 is 0. The van der Waals surface area contributed by atoms with Crippen LogP contribution < -0.4 is 29.2 Å². The number of benzene rings is 3. The molecule has 4 rings (SSSR count). The molecule has 0 saturated carbocycles. The van der Waals surface area contributed by atoms with E-state index >= 15 is 0 Å². The van der Waals surface area contributed by atoms with Crippen molar-refractivity contribution in [1.82, 2.24) is 0 Å². The highest BCUT2D eigenvalue weighted by Gasteiger charge is 2.36. The number of amides is 1. The third-order valence-corrected chi connectivity index (χ3v) is 5.65. The van der Waals surface area contributed by atoms with E-state index in [1.54, 1.807) is 32.3 Å². The number of nitrogens with zero attached hydrogens (tertiary/aromatic N) is 1. The lowest BCUT2D eigenvalue weighted by atomic mass is 10.0. The van der Waals surface area contributed by atoms with Crippen LogP contribution in [0, 0.1) is 5.92 Å². The third-order valence-electron chi connectivity index (χ3n) is 5.65. The van der Waals surface area contributed by atoms with Gasteiger partial charge in [0.1, 0.15) is 17.7 Å². The van der Waals surface area contributed by atoms with Crippen molar-refractivity contribution in [2.75, 3.05) is 38.2 Å². The molecule has 1 N–H and O–H groups in total. The standard InChI is InChI=1S/C27H30N2O5/c1-17(2)16-34-23-13-10-18(14-25(23)33-5)26-28-21-9-7-6-8-20(21)27(30)29(26)22-12-11-19(31-3)15-24(22)32-4/h6-15,17,26,28H,16H2,1-5H3/t26-/m0/s1. The van der Waals surface area contributed by atoms with Crippen molar-refractivity contribution in [2.45, 2.75) is 20.0 Å². The second-order valence-corrected chi connectivity index (χ2v) is 8.42. The summed E-state index contributed by atoms with van der Waals surface area (Å²) in [5, 5.41) is 3.52. The molecule has 0 saturated heterocycles. The quantitative estimate of drug-likeness (QED) is 0.476. The zero-order valence-corrected chi connectivity index (χ0v) is 20.1. The maximum absolute atomic E-state index is 13.8. The molecule has 3 aromatic rings. The second kappa shape index (κ2) is 9.95. The van der Waals surface area contributed by atoms with E-state index in [4.69, 9.17) is 18.9 Å². The number of hydrogen-bond donors (Lipinski definition) is 1. The molecule has 0 spiro atoms. The number of anilines is 2. The van der Waals surface area contributed by atoms with Gasteiger partial charge in [0.05, 0.1) is 39.2 Å². The van der Waals surface area contributed by atoms with Crippen molar-refractivity contribution in [3.8, 4) is 23.0 Å². The maximum Gasteiger partial charge on any atom is 0.262 e. The predicted molar refractivity (Wildman–Crippen MR) is 132 cm³/mol. The van der Waals surface area contributed by atoms with Gasteiger partial charge >= 0.3 is 0 Å². The first-order chi connectivity index (χ1) is 16.5. The van der Waals surface area contributed by atoms with E-state index in [2.05, 4.69) is 19.2 Å². The van der Waals surface area contributed by atoms with Crippen LogP contribution in [0.1, 0.15) is 35.9 Å². The van der Waals surface area contributed by atoms with Gasteiger partial charge in [0.25, 0.3) is 5.91 Å². The van der Waals surface area contributed by atoms with Gasteiger partial charge in [-0.1, -0.05) is 32.0 Å². The van der Waals surface area contributed by atoms with Gasteiger partial charge in [0, 0.05) is 11.8 Å². The highest BCUT2D eigenvalue weighted by Crippen LogP contribution is 2.43. The molecule has 0 aromatic heterocycles. The van der Waals surface area contributed by atoms with Gasteiger partial charge in [0.15, 0.2) is 11.5 Å². The third kappa shape index (κ3) is 4.46. The molecule has 7 heteroatoms. The number of carbonyl (C=O) groups is 1. The van der Waals surface area contributed by atoms with Gasteiger partial charge in [-0.2, -0.15) is 0 Å². The van der Waals surface area contributed by atoms with Crippen molar-refractivity contribution in [3.05, 3.63) is 71.8 Å². The molecule has 1 aliphatic rings. The summed E-state index contributed by atoms with van der Waals surface area (Å²) in [6, 6.07) is 18.6. The van der Waals surface area contributed by atoms with Crippen LogP contribution in [0.5, 0.6) is 23.0 Å². The van der Waals surface area contributed by atoms with E-state index in [0.29, 0.717) is 46.8 Å². The minimum Gasteiger partial charge on any atom is -0.497 e. The van der Waals surface area contributed by atoms with E-state index in [0.717, 1.165) is 11.3 Å². The van der Waals surface area contributed by atoms with Gasteiger partial charge in [-0.05, 0) is 47.9 Å². The first-order valence-electron chi connectivity index (χ1n) is 11.2. The van der Waals surface area contributed by atoms with Crippen LogP contribution in [0.3, 0.4) is 0 Å². The summed E-state index contributed by atoms with van der Waals surface area (Å²) in [6.07, 6.45) is -0.502. The molecule has 7 nitrogen and oxygen atoms in total. The number of fused-ring (bicyclic) bond motifs is 1. The van der Waals surface area contributed by atoms with Crippen LogP contribution in [0.25, 0.3) is 0 Å². The minimum atomic E-state index is -0.502. The monoisotopic (exact) mass is 462 g/mol. The summed E-state index contributed by atoms with van der Waals surface area (Å²) in [4.78, 5) is 15.5. The Balaban J connectivity index is 1.82. The molecule has 1 aliphatic heterocycles. The van der Waals surface area contributed by atoms with Gasteiger partial charge in [-0.15, -0.1) is 0 Å². The Morgan fingerprint density at radius 2 is 1.65 bits per heavy atom. The summed E-state index contributed by atoms with van der Waals surface area (Å²) in [5.41, 5.74) is 2.81. The number of methoxy groups -OCH3 is 3. The Morgan fingerprint density at radius 3 is 2.35 bits per heavy atom. The molecule has 34 heavy (non-hydrogen) atoms. The molecule has 0 bridgehead atoms. The van der Waals surface area contributed by atoms with E-state index in [-0.39, 0.29) is 5.91 Å². The van der Waals surface area contributed by atoms with Gasteiger partial charge in [0.2, 0.25) is 0 Å². The molecule has 3 aromatic carbocycles. The first-order valence-corrected chi connectivity index (χ1v) is 11.2. The summed E-state index contributed by atoms with van der Waals surface area (Å²) < 4.78 is 22.5. The Hall–Kier alpha value is -3.87. The van der Waals surface area contributed by atoms with Crippen molar-refractivity contribution < 1.29 is 23.7 Å². The maximum atomic E-state index is 13.8. The highest BCUT2D eigenvalue weighted by molar-refractivity contribution is 6.12. The van der Waals surface area contributed by atoms with E-state index in [9.17, 15) is 4.79 Å². The summed E-state index contributed by atoms with van der Waals surface area (Å²) in [7, 11) is 4.78. The first kappa shape index (κ1) is 23.3. The Labute approximate surface area is 200 Å². The van der Waals surface area contributed by atoms with E-state index in [1.807, 2.05) is 54.6 Å². The largest absolute Gasteiger partial charge is 0.497 e. The molecular formula is C27H30N2O5. The lowest BCUT2D eigenvalue weighted by molar-refractivity contribution is 0.0974. The number of carbonyl (C=O) groups excluding carboxylic acids is 1. The van der Waals surface area contributed by atoms with Crippen molar-refractivity contribution in [2.24, 2.45) is 5.92 Å². The van der Waals surface area contributed by atoms with Crippen LogP contribution in [0.15, 0.2) is 60.7 Å². The fourth-order valence-corrected chi connectivity index (χ4v) is 3.95. The molecular weight excluding hydrogens is 432 g/mol. The average molecular weight is 463 g/mol. The Kier molecular flexibility index (Phi) is 6.82. The SMILES string of the molecule is COc1ccc(N2C(=O)c3ccccc3N[C@@H]2c2ccc(OCC(C)C)c(OC)c2)c(OC)c1. The molecule has 0 radical (unpaired) electrons. The van der Waals surface area contributed by atoms with Crippen LogP contribution >= 0.6 is 0 Å². The Bertz CT molecular complexity index is 1180. The minimum absolute atomic E-state index is 0.137. The van der Waals surface area contributed by atoms with E-state index < -0.39 is 6.17 Å². The molecule has 0 unspecified atom stereocenters. The average Bonchev–Trinajstić information content (AvgIpc) is 2.87. The fraction of sp³-hybridized carbons (Fsp3) is 0.296. The molecule has 0 fully saturated rings. The van der Waals surface area contributed by atoms with Crippen LogP contribution in [-0.2, 0) is 0 Å². The van der Waals surface area contributed by atoms with Crippen LogP contribution in [0.2, 0.25) is 0 Å². The predicted octanol–water partition coefficient (Wildman–Crippen LogP) is 5.52. The van der Waals surface area contributed by atoms with Gasteiger partial charge in [-0.25, -0.2) is 0 Å². The van der Waals surface area contributed by atoms with Crippen molar-refractivity contribution in [1.29, 1.82) is 0 Å². The second-order valence-electron chi connectivity index (χ2n) is 8.42. The van der Waals surface area contributed by atoms with Crippen LogP contribution in [0.4, 0.5) is 11.4 Å². The Morgan fingerprint density at radius 1 is 0.882 bits per heavy atom. The molecule has 1 amide bonds. The fourth-order valence-electron chi connectivity index (χ4n) is 3.95. The number of para-hydroxylation sites is 1. The topological polar surface area (TPSA) is 69.3 Å². The normalized spacial score (nSPS) is 14.9. The number of ether oxygens (including phenoxy) is 4. The van der Waals surface area contributed by atoms with Crippen molar-refractivity contribution >= 4 is 17.3 Å². The summed E-state index contributed by atoms with van der Waals surface area (Å²) in [6.45, 7) is 4.77. The molecule has 178 valence electrons. The van der Waals surface area contributed by atoms with Crippen LogP contribution in [-0.4, -0.2) is 33.8 Å². The zero-order valence-electron chi connectivity index (χ0n) is 20.1. The molecule has 1 atom stereocenters. The number of hydrogen-bond acceptors (Lipinski definition) is 6. The molecule has 0 aliphatic carbocycles. The zero-order chi connectivity index (χ0) is 24.2. The van der Waals surface area contributed by atoms with Gasteiger partial charge < -0.3 is 24.3 Å². The molecule has 1 heterocycles. The van der Waals surface area contributed by atoms with Crippen molar-refractivity contribution in [3.63, 3.8) is 0 Å². The van der Waals surface area contributed by atoms with E-state index in [1.165, 1.54) is 0 Å².